The van der Waals surface area contributed by atoms with E-state index in [0.29, 0.717) is 0 Å². The Labute approximate surface area is 108 Å². The van der Waals surface area contributed by atoms with Gasteiger partial charge in [0.2, 0.25) is 0 Å². The number of hydrogen-bond donors (Lipinski definition) is 1. The Balaban J connectivity index is 2.02. The van der Waals surface area contributed by atoms with Crippen LogP contribution in [0.25, 0.3) is 0 Å². The molecule has 1 saturated heterocycles. The Kier molecular flexibility index (Phi) is 4.26. The van der Waals surface area contributed by atoms with Gasteiger partial charge in [0, 0.05) is 43.4 Å². The van der Waals surface area contributed by atoms with E-state index in [0.717, 1.165) is 37.7 Å². The molecule has 0 bridgehead atoms. The number of aliphatic hydroxyl groups is 1. The van der Waals surface area contributed by atoms with Crippen molar-refractivity contribution in [1.29, 1.82) is 0 Å². The zero-order chi connectivity index (χ0) is 12.3. The Morgan fingerprint density at radius 1 is 1.24 bits per heavy atom. The summed E-state index contributed by atoms with van der Waals surface area (Å²) in [6.07, 6.45) is 0. The topological polar surface area (TPSA) is 26.7 Å². The van der Waals surface area contributed by atoms with Crippen LogP contribution in [0.5, 0.6) is 0 Å². The fraction of sp³-hybridized carbons (Fsp3) is 0.538. The second-order valence-electron chi connectivity index (χ2n) is 4.48. The molecule has 2 rings (SSSR count). The zero-order valence-corrected chi connectivity index (χ0v) is 11.0. The van der Waals surface area contributed by atoms with Crippen molar-refractivity contribution < 1.29 is 5.11 Å². The van der Waals surface area contributed by atoms with E-state index in [4.69, 9.17) is 16.7 Å². The molecule has 17 heavy (non-hydrogen) atoms. The second-order valence-corrected chi connectivity index (χ2v) is 4.92. The summed E-state index contributed by atoms with van der Waals surface area (Å²) in [4.78, 5) is 4.66. The fourth-order valence-corrected chi connectivity index (χ4v) is 2.44. The number of aliphatic hydroxyl groups excluding tert-OH is 1. The van der Waals surface area contributed by atoms with Gasteiger partial charge in [0.15, 0.2) is 0 Å². The summed E-state index contributed by atoms with van der Waals surface area (Å²) >= 11 is 6.04. The number of rotatable bonds is 3. The van der Waals surface area contributed by atoms with Gasteiger partial charge in [-0.1, -0.05) is 17.7 Å². The average Bonchev–Trinajstić information content (AvgIpc) is 2.34. The first-order chi connectivity index (χ1) is 8.20. The number of piperazine rings is 1. The van der Waals surface area contributed by atoms with Crippen LogP contribution in [0, 0.1) is 6.92 Å². The lowest BCUT2D eigenvalue weighted by molar-refractivity contribution is 0.188. The van der Waals surface area contributed by atoms with Crippen molar-refractivity contribution in [2.24, 2.45) is 0 Å². The van der Waals surface area contributed by atoms with E-state index in [1.165, 1.54) is 11.3 Å². The Morgan fingerprint density at radius 2 is 1.94 bits per heavy atom. The highest BCUT2D eigenvalue weighted by atomic mass is 35.5. The summed E-state index contributed by atoms with van der Waals surface area (Å²) in [6.45, 7) is 7.16. The summed E-state index contributed by atoms with van der Waals surface area (Å²) in [6, 6.07) is 6.04. The summed E-state index contributed by atoms with van der Waals surface area (Å²) in [7, 11) is 0. The van der Waals surface area contributed by atoms with E-state index in [2.05, 4.69) is 22.8 Å². The quantitative estimate of drug-likeness (QED) is 0.891. The van der Waals surface area contributed by atoms with E-state index >= 15 is 0 Å². The second kappa shape index (κ2) is 5.71. The van der Waals surface area contributed by atoms with Crippen LogP contribution in [0.4, 0.5) is 5.69 Å². The van der Waals surface area contributed by atoms with Gasteiger partial charge in [-0.2, -0.15) is 0 Å². The number of aryl methyl sites for hydroxylation is 1. The molecule has 0 saturated carbocycles. The van der Waals surface area contributed by atoms with Crippen LogP contribution in [0.15, 0.2) is 18.2 Å². The average molecular weight is 255 g/mol. The lowest BCUT2D eigenvalue weighted by Crippen LogP contribution is -2.47. The predicted molar refractivity (Wildman–Crippen MR) is 71.9 cm³/mol. The smallest absolute Gasteiger partial charge is 0.0558 e. The molecule has 94 valence electrons. The molecule has 0 unspecified atom stereocenters. The molecule has 0 aromatic heterocycles. The van der Waals surface area contributed by atoms with Crippen LogP contribution in [0.2, 0.25) is 5.02 Å². The van der Waals surface area contributed by atoms with Crippen molar-refractivity contribution in [2.75, 3.05) is 44.2 Å². The Bertz CT molecular complexity index is 376. The van der Waals surface area contributed by atoms with Gasteiger partial charge in [-0.3, -0.25) is 4.90 Å². The number of benzene rings is 1. The van der Waals surface area contributed by atoms with Gasteiger partial charge in [0.1, 0.15) is 0 Å². The molecule has 4 heteroatoms. The molecule has 0 spiro atoms. The van der Waals surface area contributed by atoms with Crippen LogP contribution in [0.1, 0.15) is 5.56 Å². The molecule has 1 aliphatic heterocycles. The first-order valence-corrected chi connectivity index (χ1v) is 6.43. The van der Waals surface area contributed by atoms with E-state index in [1.54, 1.807) is 0 Å². The van der Waals surface area contributed by atoms with Crippen LogP contribution < -0.4 is 4.90 Å². The number of hydrogen-bond acceptors (Lipinski definition) is 3. The minimum atomic E-state index is 0.246. The third kappa shape index (κ3) is 3.12. The van der Waals surface area contributed by atoms with Crippen molar-refractivity contribution in [1.82, 2.24) is 4.90 Å². The maximum Gasteiger partial charge on any atom is 0.0558 e. The molecule has 0 aliphatic carbocycles. The molecular weight excluding hydrogens is 236 g/mol. The molecule has 0 amide bonds. The third-order valence-electron chi connectivity index (χ3n) is 3.30. The van der Waals surface area contributed by atoms with Crippen LogP contribution in [-0.4, -0.2) is 49.3 Å². The molecule has 0 atom stereocenters. The predicted octanol–water partition coefficient (Wildman–Crippen LogP) is 1.76. The van der Waals surface area contributed by atoms with Gasteiger partial charge >= 0.3 is 0 Å². The highest BCUT2D eigenvalue weighted by Gasteiger charge is 2.17. The third-order valence-corrected chi connectivity index (χ3v) is 3.54. The normalized spacial score (nSPS) is 17.5. The minimum Gasteiger partial charge on any atom is -0.395 e. The van der Waals surface area contributed by atoms with Crippen molar-refractivity contribution >= 4 is 17.3 Å². The summed E-state index contributed by atoms with van der Waals surface area (Å²) in [5.41, 5.74) is 2.51. The number of anilines is 1. The Morgan fingerprint density at radius 3 is 2.59 bits per heavy atom. The molecule has 1 heterocycles. The van der Waals surface area contributed by atoms with Crippen molar-refractivity contribution in [3.8, 4) is 0 Å². The van der Waals surface area contributed by atoms with Gasteiger partial charge in [-0.05, 0) is 24.6 Å². The van der Waals surface area contributed by atoms with Gasteiger partial charge in [0.25, 0.3) is 0 Å². The standard InChI is InChI=1S/C13H19ClN2O/c1-11-2-3-12(14)10-13(11)16-6-4-15(5-7-16)8-9-17/h2-3,10,17H,4-9H2,1H3. The lowest BCUT2D eigenvalue weighted by Gasteiger charge is -2.36. The van der Waals surface area contributed by atoms with Crippen molar-refractivity contribution in [3.63, 3.8) is 0 Å². The molecular formula is C13H19ClN2O. The molecule has 1 aromatic carbocycles. The SMILES string of the molecule is Cc1ccc(Cl)cc1N1CCN(CCO)CC1. The lowest BCUT2D eigenvalue weighted by atomic mass is 10.1. The molecule has 1 aromatic rings. The fourth-order valence-electron chi connectivity index (χ4n) is 2.28. The number of nitrogens with zero attached hydrogens (tertiary/aromatic N) is 2. The zero-order valence-electron chi connectivity index (χ0n) is 10.2. The minimum absolute atomic E-state index is 0.246. The Hall–Kier alpha value is -0.770. The van der Waals surface area contributed by atoms with Gasteiger partial charge in [-0.25, -0.2) is 0 Å². The van der Waals surface area contributed by atoms with Crippen molar-refractivity contribution in [3.05, 3.63) is 28.8 Å². The van der Waals surface area contributed by atoms with Gasteiger partial charge in [0.05, 0.1) is 6.61 Å². The molecule has 1 N–H and O–H groups in total. The highest BCUT2D eigenvalue weighted by Crippen LogP contribution is 2.25. The van der Waals surface area contributed by atoms with E-state index < -0.39 is 0 Å². The van der Waals surface area contributed by atoms with Crippen LogP contribution in [0.3, 0.4) is 0 Å². The van der Waals surface area contributed by atoms with Crippen molar-refractivity contribution in [2.45, 2.75) is 6.92 Å². The van der Waals surface area contributed by atoms with Gasteiger partial charge < -0.3 is 10.0 Å². The number of halogens is 1. The first-order valence-electron chi connectivity index (χ1n) is 6.05. The number of β-amino-alcohol motifs (C(OH)–C–C–N with tert-alkyl or cyclic N) is 1. The summed E-state index contributed by atoms with van der Waals surface area (Å²) in [5, 5.41) is 9.70. The molecule has 1 fully saturated rings. The van der Waals surface area contributed by atoms with Crippen LogP contribution in [-0.2, 0) is 0 Å². The molecule has 0 radical (unpaired) electrons. The summed E-state index contributed by atoms with van der Waals surface area (Å²) < 4.78 is 0. The molecule has 1 aliphatic rings. The monoisotopic (exact) mass is 254 g/mol. The highest BCUT2D eigenvalue weighted by molar-refractivity contribution is 6.30. The van der Waals surface area contributed by atoms with Crippen LogP contribution >= 0.6 is 11.6 Å². The van der Waals surface area contributed by atoms with E-state index in [1.807, 2.05) is 12.1 Å². The van der Waals surface area contributed by atoms with E-state index in [-0.39, 0.29) is 6.61 Å². The van der Waals surface area contributed by atoms with Gasteiger partial charge in [-0.15, -0.1) is 0 Å². The maximum atomic E-state index is 8.91. The van der Waals surface area contributed by atoms with E-state index in [9.17, 15) is 0 Å². The first kappa shape index (κ1) is 12.7. The maximum absolute atomic E-state index is 8.91. The summed E-state index contributed by atoms with van der Waals surface area (Å²) in [5.74, 6) is 0. The molecule has 3 nitrogen and oxygen atoms in total. The largest absolute Gasteiger partial charge is 0.395 e.